The maximum Gasteiger partial charge on any atom is 0.170 e. The Hall–Kier alpha value is -7.11. The molecule has 0 N–H and O–H groups in total. The van der Waals surface area contributed by atoms with E-state index in [1.54, 1.807) is 6.33 Å². The zero-order valence-corrected chi connectivity index (χ0v) is 29.0. The Kier molecular flexibility index (Phi) is 8.35. The molecule has 5 nitrogen and oxygen atoms in total. The SMILES string of the molecule is C=c1cccc/c1=C(/Cc1cccc2ccccc12)c1ccc(-c2nc3c(N(c4ccccc4)c4ccccc4)ncnc3n2-c2ccccc2)cc1. The van der Waals surface area contributed by atoms with Crippen molar-refractivity contribution >= 4 is 51.3 Å². The normalized spacial score (nSPS) is 11.8. The molecule has 0 unspecified atom stereocenters. The molecule has 5 heteroatoms. The van der Waals surface area contributed by atoms with Crippen molar-refractivity contribution in [2.75, 3.05) is 4.90 Å². The molecule has 0 spiro atoms. The maximum atomic E-state index is 5.36. The largest absolute Gasteiger partial charge is 0.293 e. The Morgan fingerprint density at radius 1 is 0.585 bits per heavy atom. The van der Waals surface area contributed by atoms with Gasteiger partial charge in [0.15, 0.2) is 17.0 Å². The predicted octanol–water partition coefficient (Wildman–Crippen LogP) is 9.96. The van der Waals surface area contributed by atoms with Crippen LogP contribution in [0, 0.1) is 0 Å². The van der Waals surface area contributed by atoms with Gasteiger partial charge in [-0.15, -0.1) is 0 Å². The summed E-state index contributed by atoms with van der Waals surface area (Å²) < 4.78 is 2.13. The average Bonchev–Trinajstić information content (AvgIpc) is 3.62. The van der Waals surface area contributed by atoms with E-state index >= 15 is 0 Å². The lowest BCUT2D eigenvalue weighted by atomic mass is 9.92. The first kappa shape index (κ1) is 31.8. The fourth-order valence-corrected chi connectivity index (χ4v) is 7.23. The van der Waals surface area contributed by atoms with E-state index in [2.05, 4.69) is 137 Å². The van der Waals surface area contributed by atoms with Crippen LogP contribution in [0.4, 0.5) is 17.2 Å². The van der Waals surface area contributed by atoms with Crippen LogP contribution in [-0.4, -0.2) is 19.5 Å². The summed E-state index contributed by atoms with van der Waals surface area (Å²) in [6.07, 6.45) is 2.40. The molecule has 0 atom stereocenters. The van der Waals surface area contributed by atoms with E-state index in [0.717, 1.165) is 56.5 Å². The number of benzene rings is 7. The van der Waals surface area contributed by atoms with Crippen LogP contribution in [0.25, 0.3) is 51.2 Å². The molecule has 9 rings (SSSR count). The summed E-state index contributed by atoms with van der Waals surface area (Å²) in [4.78, 5) is 17.2. The second-order valence-corrected chi connectivity index (χ2v) is 13.0. The van der Waals surface area contributed by atoms with E-state index in [1.165, 1.54) is 21.9 Å². The van der Waals surface area contributed by atoms with Crippen LogP contribution in [0.1, 0.15) is 11.1 Å². The number of nitrogens with zero attached hydrogens (tertiary/aromatic N) is 5. The van der Waals surface area contributed by atoms with Crippen LogP contribution >= 0.6 is 0 Å². The third kappa shape index (κ3) is 6.04. The molecule has 0 bridgehead atoms. The Balaban J connectivity index is 1.22. The number of hydrogen-bond acceptors (Lipinski definition) is 4. The van der Waals surface area contributed by atoms with Gasteiger partial charge in [-0.05, 0) is 80.7 Å². The van der Waals surface area contributed by atoms with Gasteiger partial charge < -0.3 is 0 Å². The first-order valence-corrected chi connectivity index (χ1v) is 17.8. The summed E-state index contributed by atoms with van der Waals surface area (Å²) in [5, 5.41) is 4.65. The monoisotopic (exact) mass is 681 g/mol. The van der Waals surface area contributed by atoms with E-state index in [4.69, 9.17) is 15.0 Å². The Bertz CT molecular complexity index is 2770. The topological polar surface area (TPSA) is 46.8 Å². The first-order chi connectivity index (χ1) is 26.2. The van der Waals surface area contributed by atoms with Crippen molar-refractivity contribution < 1.29 is 0 Å². The molecule has 2 heterocycles. The van der Waals surface area contributed by atoms with E-state index in [0.29, 0.717) is 11.3 Å². The molecule has 0 amide bonds. The van der Waals surface area contributed by atoms with E-state index in [-0.39, 0.29) is 0 Å². The number of aromatic nitrogens is 4. The zero-order valence-electron chi connectivity index (χ0n) is 29.0. The fraction of sp³-hybridized carbons (Fsp3) is 0.0208. The highest BCUT2D eigenvalue weighted by Gasteiger charge is 2.23. The number of fused-ring (bicyclic) bond motifs is 2. The number of rotatable bonds is 8. The van der Waals surface area contributed by atoms with E-state index < -0.39 is 0 Å². The molecule has 9 aromatic rings. The molecular weight excluding hydrogens is 647 g/mol. The van der Waals surface area contributed by atoms with Gasteiger partial charge in [0.1, 0.15) is 12.2 Å². The van der Waals surface area contributed by atoms with Gasteiger partial charge >= 0.3 is 0 Å². The molecule has 0 saturated heterocycles. The van der Waals surface area contributed by atoms with Crippen LogP contribution < -0.4 is 15.3 Å². The van der Waals surface area contributed by atoms with Crippen molar-refractivity contribution in [3.8, 4) is 17.1 Å². The molecule has 0 aliphatic heterocycles. The predicted molar refractivity (Wildman–Crippen MR) is 218 cm³/mol. The highest BCUT2D eigenvalue weighted by molar-refractivity contribution is 5.94. The number of imidazole rings is 1. The Morgan fingerprint density at radius 3 is 1.92 bits per heavy atom. The lowest BCUT2D eigenvalue weighted by Gasteiger charge is -2.24. The van der Waals surface area contributed by atoms with Crippen LogP contribution in [0.5, 0.6) is 0 Å². The van der Waals surface area contributed by atoms with Crippen molar-refractivity contribution in [2.24, 2.45) is 0 Å². The molecule has 0 aliphatic rings. The van der Waals surface area contributed by atoms with Gasteiger partial charge in [-0.3, -0.25) is 9.47 Å². The smallest absolute Gasteiger partial charge is 0.170 e. The molecule has 7 aromatic carbocycles. The minimum Gasteiger partial charge on any atom is -0.293 e. The number of para-hydroxylation sites is 3. The summed E-state index contributed by atoms with van der Waals surface area (Å²) in [5.41, 5.74) is 8.99. The zero-order chi connectivity index (χ0) is 35.6. The summed E-state index contributed by atoms with van der Waals surface area (Å²) in [7, 11) is 0. The van der Waals surface area contributed by atoms with Gasteiger partial charge in [-0.25, -0.2) is 15.0 Å². The lowest BCUT2D eigenvalue weighted by molar-refractivity contribution is 1.06. The van der Waals surface area contributed by atoms with Crippen molar-refractivity contribution in [1.82, 2.24) is 19.5 Å². The van der Waals surface area contributed by atoms with E-state index in [1.807, 2.05) is 60.7 Å². The van der Waals surface area contributed by atoms with Crippen LogP contribution in [0.2, 0.25) is 0 Å². The minimum atomic E-state index is 0.706. The van der Waals surface area contributed by atoms with Crippen molar-refractivity contribution in [3.05, 3.63) is 210 Å². The molecule has 53 heavy (non-hydrogen) atoms. The summed E-state index contributed by atoms with van der Waals surface area (Å²) in [6, 6.07) is 63.2. The van der Waals surface area contributed by atoms with Crippen LogP contribution in [0.15, 0.2) is 188 Å². The highest BCUT2D eigenvalue weighted by atomic mass is 15.2. The lowest BCUT2D eigenvalue weighted by Crippen LogP contribution is -2.26. The first-order valence-electron chi connectivity index (χ1n) is 17.8. The standard InChI is InChI=1S/C48H35N5/c1-34-16-11-13-26-42(34)44(32-38-19-15-18-35-17-12-14-27-43(35)38)36-28-30-37(31-29-36)46-51-45-47(49-33-50-48(45)53(46)41-24-9-4-10-25-41)52(39-20-5-2-6-21-39)40-22-7-3-8-23-40/h2-31,33H,1,32H2/b44-42+. The quantitative estimate of drug-likeness (QED) is 0.160. The highest BCUT2D eigenvalue weighted by Crippen LogP contribution is 2.38. The fourth-order valence-electron chi connectivity index (χ4n) is 7.23. The number of anilines is 3. The molecule has 2 aromatic heterocycles. The molecule has 252 valence electrons. The average molecular weight is 682 g/mol. The van der Waals surface area contributed by atoms with Gasteiger partial charge in [-0.1, -0.05) is 152 Å². The van der Waals surface area contributed by atoms with Crippen LogP contribution in [0.3, 0.4) is 0 Å². The molecule has 0 aliphatic carbocycles. The van der Waals surface area contributed by atoms with Gasteiger partial charge in [0.2, 0.25) is 0 Å². The summed E-state index contributed by atoms with van der Waals surface area (Å²) >= 11 is 0. The third-order valence-corrected chi connectivity index (χ3v) is 9.76. The van der Waals surface area contributed by atoms with Gasteiger partial charge in [-0.2, -0.15) is 0 Å². The van der Waals surface area contributed by atoms with Crippen molar-refractivity contribution in [3.63, 3.8) is 0 Å². The van der Waals surface area contributed by atoms with Crippen molar-refractivity contribution in [2.45, 2.75) is 6.42 Å². The van der Waals surface area contributed by atoms with Crippen LogP contribution in [-0.2, 0) is 6.42 Å². The molecule has 0 fully saturated rings. The van der Waals surface area contributed by atoms with Gasteiger partial charge in [0.25, 0.3) is 0 Å². The van der Waals surface area contributed by atoms with Crippen molar-refractivity contribution in [1.29, 1.82) is 0 Å². The summed E-state index contributed by atoms with van der Waals surface area (Å²) in [6.45, 7) is 4.42. The summed E-state index contributed by atoms with van der Waals surface area (Å²) in [5.74, 6) is 1.49. The maximum absolute atomic E-state index is 5.36. The number of hydrogen-bond donors (Lipinski definition) is 0. The Labute approximate surface area is 308 Å². The van der Waals surface area contributed by atoms with E-state index in [9.17, 15) is 0 Å². The molecular formula is C48H35N5. The minimum absolute atomic E-state index is 0.706. The van der Waals surface area contributed by atoms with Gasteiger partial charge in [0.05, 0.1) is 0 Å². The molecule has 0 saturated carbocycles. The second kappa shape index (κ2) is 13.9. The third-order valence-electron chi connectivity index (χ3n) is 9.76. The molecule has 0 radical (unpaired) electrons. The van der Waals surface area contributed by atoms with Gasteiger partial charge in [0, 0.05) is 22.6 Å². The second-order valence-electron chi connectivity index (χ2n) is 13.0. The Morgan fingerprint density at radius 2 is 1.21 bits per heavy atom.